The molecule has 0 aliphatic heterocycles. The predicted octanol–water partition coefficient (Wildman–Crippen LogP) is 3.64. The Hall–Kier alpha value is -0.380. The van der Waals surface area contributed by atoms with Crippen LogP contribution in [0.3, 0.4) is 0 Å². The van der Waals surface area contributed by atoms with Gasteiger partial charge in [-0.3, -0.25) is 0 Å². The second-order valence-electron chi connectivity index (χ2n) is 8.88. The van der Waals surface area contributed by atoms with E-state index in [2.05, 4.69) is 19.9 Å². The normalized spacial score (nSPS) is 47.8. The van der Waals surface area contributed by atoms with Crippen LogP contribution in [0.1, 0.15) is 71.6 Å². The molecule has 3 saturated carbocycles. The maximum Gasteiger partial charge on any atom is 0.0607 e. The van der Waals surface area contributed by atoms with Gasteiger partial charge in [0.05, 0.1) is 12.2 Å². The Labute approximate surface area is 147 Å². The summed E-state index contributed by atoms with van der Waals surface area (Å²) in [5.74, 6) is 1.92. The molecule has 0 radical (unpaired) electrons. The number of hydrogen-bond acceptors (Lipinski definition) is 3. The fourth-order valence-electron chi connectivity index (χ4n) is 6.40. The van der Waals surface area contributed by atoms with Crippen molar-refractivity contribution in [1.29, 1.82) is 0 Å². The summed E-state index contributed by atoms with van der Waals surface area (Å²) in [6, 6.07) is 0. The number of hydrogen-bond donors (Lipinski definition) is 3. The molecule has 4 N–H and O–H groups in total. The Bertz CT molecular complexity index is 463. The third kappa shape index (κ3) is 3.20. The molecule has 7 atom stereocenters. The molecule has 3 aliphatic carbocycles. The van der Waals surface area contributed by atoms with Gasteiger partial charge >= 0.3 is 0 Å². The number of rotatable bonds is 4. The minimum Gasteiger partial charge on any atom is -0.393 e. The van der Waals surface area contributed by atoms with Gasteiger partial charge in [-0.25, -0.2) is 0 Å². The Kier molecular flexibility index (Phi) is 5.73. The quantitative estimate of drug-likeness (QED) is 0.687. The Morgan fingerprint density at radius 1 is 1.21 bits per heavy atom. The van der Waals surface area contributed by atoms with Crippen molar-refractivity contribution in [2.24, 2.45) is 34.8 Å². The highest BCUT2D eigenvalue weighted by atomic mass is 16.3. The summed E-state index contributed by atoms with van der Waals surface area (Å²) in [6.45, 7) is 5.28. The lowest BCUT2D eigenvalue weighted by Gasteiger charge is -2.53. The van der Waals surface area contributed by atoms with Gasteiger partial charge in [0.2, 0.25) is 0 Å². The molecule has 3 aliphatic rings. The zero-order chi connectivity index (χ0) is 17.3. The van der Waals surface area contributed by atoms with Gasteiger partial charge in [0.25, 0.3) is 0 Å². The minimum atomic E-state index is -0.174. The molecular weight excluding hydrogens is 298 g/mol. The topological polar surface area (TPSA) is 66.5 Å². The third-order valence-electron chi connectivity index (χ3n) is 7.73. The van der Waals surface area contributed by atoms with Crippen LogP contribution in [-0.4, -0.2) is 29.0 Å². The van der Waals surface area contributed by atoms with E-state index < -0.39 is 0 Å². The molecule has 4 unspecified atom stereocenters. The summed E-state index contributed by atoms with van der Waals surface area (Å²) >= 11 is 0. The summed E-state index contributed by atoms with van der Waals surface area (Å²) in [6.07, 6.45) is 11.7. The first kappa shape index (κ1) is 18.4. The van der Waals surface area contributed by atoms with Gasteiger partial charge in [0.15, 0.2) is 0 Å². The number of nitrogens with two attached hydrogens (primary N) is 1. The fourth-order valence-corrected chi connectivity index (χ4v) is 6.40. The standard InChI is InChI=1S/C21H37NO2/c1-3-4-14-5-6-18-17(14)7-8-19(20(18)24)21(2)11-9-16(23)13-15(21)10-12-22/h4,15-20,23-24H,3,5-13,22H2,1-2H3/t15-,16?,17?,18?,19?,20-,21-/m0/s1. The van der Waals surface area contributed by atoms with E-state index in [1.54, 1.807) is 5.57 Å². The first-order valence-corrected chi connectivity index (χ1v) is 10.3. The monoisotopic (exact) mass is 335 g/mol. The lowest BCUT2D eigenvalue weighted by Crippen LogP contribution is -2.51. The average Bonchev–Trinajstić information content (AvgIpc) is 2.96. The molecule has 0 saturated heterocycles. The van der Waals surface area contributed by atoms with Crippen molar-refractivity contribution >= 4 is 0 Å². The van der Waals surface area contributed by atoms with Crippen molar-refractivity contribution in [1.82, 2.24) is 0 Å². The van der Waals surface area contributed by atoms with E-state index >= 15 is 0 Å². The van der Waals surface area contributed by atoms with Gasteiger partial charge < -0.3 is 15.9 Å². The van der Waals surface area contributed by atoms with E-state index in [4.69, 9.17) is 5.73 Å². The molecule has 0 aromatic carbocycles. The summed E-state index contributed by atoms with van der Waals surface area (Å²) in [5, 5.41) is 21.4. The highest BCUT2D eigenvalue weighted by Gasteiger charge is 2.52. The van der Waals surface area contributed by atoms with Crippen molar-refractivity contribution in [3.8, 4) is 0 Å². The second kappa shape index (κ2) is 7.47. The lowest BCUT2D eigenvalue weighted by molar-refractivity contribution is -0.105. The molecular formula is C21H37NO2. The first-order chi connectivity index (χ1) is 11.5. The largest absolute Gasteiger partial charge is 0.393 e. The Morgan fingerprint density at radius 2 is 2.00 bits per heavy atom. The van der Waals surface area contributed by atoms with Crippen LogP contribution in [0.4, 0.5) is 0 Å². The van der Waals surface area contributed by atoms with E-state index in [-0.39, 0.29) is 17.6 Å². The third-order valence-corrected chi connectivity index (χ3v) is 7.73. The zero-order valence-corrected chi connectivity index (χ0v) is 15.6. The van der Waals surface area contributed by atoms with E-state index in [1.165, 1.54) is 12.8 Å². The van der Waals surface area contributed by atoms with Gasteiger partial charge in [0, 0.05) is 0 Å². The number of aliphatic hydroxyl groups excluding tert-OH is 2. The molecule has 0 heterocycles. The van der Waals surface area contributed by atoms with E-state index in [0.29, 0.717) is 30.2 Å². The van der Waals surface area contributed by atoms with Crippen LogP contribution < -0.4 is 5.73 Å². The maximum absolute atomic E-state index is 11.3. The van der Waals surface area contributed by atoms with Crippen LogP contribution in [0.15, 0.2) is 11.6 Å². The highest BCUT2D eigenvalue weighted by Crippen LogP contribution is 2.57. The molecule has 0 aromatic heterocycles. The average molecular weight is 336 g/mol. The zero-order valence-electron chi connectivity index (χ0n) is 15.6. The van der Waals surface area contributed by atoms with Gasteiger partial charge in [-0.15, -0.1) is 0 Å². The van der Waals surface area contributed by atoms with Gasteiger partial charge in [-0.05, 0) is 93.4 Å². The van der Waals surface area contributed by atoms with Gasteiger partial charge in [0.1, 0.15) is 0 Å². The molecule has 138 valence electrons. The fraction of sp³-hybridized carbons (Fsp3) is 0.905. The maximum atomic E-state index is 11.3. The smallest absolute Gasteiger partial charge is 0.0607 e. The highest BCUT2D eigenvalue weighted by molar-refractivity contribution is 5.17. The molecule has 0 amide bonds. The van der Waals surface area contributed by atoms with Crippen LogP contribution in [-0.2, 0) is 0 Å². The van der Waals surface area contributed by atoms with Crippen molar-refractivity contribution < 1.29 is 10.2 Å². The number of allylic oxidation sites excluding steroid dienone is 2. The molecule has 24 heavy (non-hydrogen) atoms. The summed E-state index contributed by atoms with van der Waals surface area (Å²) in [4.78, 5) is 0. The van der Waals surface area contributed by atoms with Crippen molar-refractivity contribution in [3.05, 3.63) is 11.6 Å². The first-order valence-electron chi connectivity index (χ1n) is 10.3. The van der Waals surface area contributed by atoms with E-state index in [1.807, 2.05) is 0 Å². The molecule has 3 rings (SSSR count). The summed E-state index contributed by atoms with van der Waals surface area (Å²) in [5.41, 5.74) is 7.63. The number of fused-ring (bicyclic) bond motifs is 1. The van der Waals surface area contributed by atoms with E-state index in [9.17, 15) is 10.2 Å². The van der Waals surface area contributed by atoms with Crippen molar-refractivity contribution in [2.75, 3.05) is 6.54 Å². The second-order valence-corrected chi connectivity index (χ2v) is 8.88. The molecule has 0 bridgehead atoms. The molecule has 3 nitrogen and oxygen atoms in total. The minimum absolute atomic E-state index is 0.139. The molecule has 0 spiro atoms. The summed E-state index contributed by atoms with van der Waals surface area (Å²) in [7, 11) is 0. The van der Waals surface area contributed by atoms with Crippen LogP contribution in [0.2, 0.25) is 0 Å². The van der Waals surface area contributed by atoms with E-state index in [0.717, 1.165) is 44.9 Å². The van der Waals surface area contributed by atoms with Crippen LogP contribution in [0, 0.1) is 29.1 Å². The van der Waals surface area contributed by atoms with Crippen molar-refractivity contribution in [2.45, 2.75) is 83.8 Å². The SMILES string of the molecule is CCC=C1CCC2C1CCC([C@@]1(C)CCC(O)C[C@@H]1CCN)[C@H]2O. The lowest BCUT2D eigenvalue weighted by atomic mass is 9.53. The van der Waals surface area contributed by atoms with Crippen LogP contribution in [0.5, 0.6) is 0 Å². The molecule has 3 heteroatoms. The predicted molar refractivity (Wildman–Crippen MR) is 98.4 cm³/mol. The molecule has 0 aromatic rings. The van der Waals surface area contributed by atoms with Crippen molar-refractivity contribution in [3.63, 3.8) is 0 Å². The van der Waals surface area contributed by atoms with Crippen LogP contribution in [0.25, 0.3) is 0 Å². The Morgan fingerprint density at radius 3 is 2.71 bits per heavy atom. The van der Waals surface area contributed by atoms with Crippen LogP contribution >= 0.6 is 0 Å². The number of aliphatic hydroxyl groups is 2. The van der Waals surface area contributed by atoms with Gasteiger partial charge in [-0.2, -0.15) is 0 Å². The van der Waals surface area contributed by atoms with Gasteiger partial charge in [-0.1, -0.05) is 25.5 Å². The Balaban J connectivity index is 1.78. The summed E-state index contributed by atoms with van der Waals surface area (Å²) < 4.78 is 0. The molecule has 3 fully saturated rings.